The van der Waals surface area contributed by atoms with E-state index in [1.54, 1.807) is 17.0 Å². The van der Waals surface area contributed by atoms with Gasteiger partial charge >= 0.3 is 0 Å². The second-order valence-corrected chi connectivity index (χ2v) is 8.38. The maximum absolute atomic E-state index is 13.1. The zero-order valence-corrected chi connectivity index (χ0v) is 16.5. The van der Waals surface area contributed by atoms with E-state index in [9.17, 15) is 9.59 Å². The van der Waals surface area contributed by atoms with Crippen molar-refractivity contribution in [3.63, 3.8) is 0 Å². The number of aromatic nitrogens is 3. The van der Waals surface area contributed by atoms with Crippen molar-refractivity contribution in [1.82, 2.24) is 14.5 Å². The summed E-state index contributed by atoms with van der Waals surface area (Å²) in [5, 5.41) is 5.68. The predicted octanol–water partition coefficient (Wildman–Crippen LogP) is 5.14. The van der Waals surface area contributed by atoms with Crippen LogP contribution in [0.4, 0.5) is 0 Å². The van der Waals surface area contributed by atoms with E-state index in [2.05, 4.69) is 9.97 Å². The summed E-state index contributed by atoms with van der Waals surface area (Å²) in [5.41, 5.74) is 1.96. The molecule has 0 N–H and O–H groups in total. The molecule has 4 rings (SSSR count). The van der Waals surface area contributed by atoms with E-state index in [1.165, 1.54) is 22.7 Å². The molecular weight excluding hydrogens is 378 g/mol. The highest BCUT2D eigenvalue weighted by atomic mass is 32.1. The summed E-state index contributed by atoms with van der Waals surface area (Å²) in [5.74, 6) is 0.0654. The molecule has 0 aliphatic rings. The second-order valence-electron chi connectivity index (χ2n) is 6.63. The van der Waals surface area contributed by atoms with Crippen LogP contribution in [0.15, 0.2) is 47.4 Å². The molecule has 0 atom stereocenters. The van der Waals surface area contributed by atoms with Crippen LogP contribution in [-0.2, 0) is 0 Å². The van der Waals surface area contributed by atoms with E-state index >= 15 is 0 Å². The van der Waals surface area contributed by atoms with Gasteiger partial charge < -0.3 is 0 Å². The molecule has 0 aliphatic carbocycles. The summed E-state index contributed by atoms with van der Waals surface area (Å²) in [7, 11) is 0. The van der Waals surface area contributed by atoms with Crippen molar-refractivity contribution in [1.29, 1.82) is 0 Å². The molecule has 0 amide bonds. The fourth-order valence-electron chi connectivity index (χ4n) is 2.96. The number of fused-ring (bicyclic) bond motifs is 1. The first kappa shape index (κ1) is 17.8. The molecule has 4 aromatic rings. The summed E-state index contributed by atoms with van der Waals surface area (Å²) >= 11 is 2.79. The summed E-state index contributed by atoms with van der Waals surface area (Å²) < 4.78 is 1.60. The Hall–Kier alpha value is -2.64. The Bertz CT molecular complexity index is 1120. The van der Waals surface area contributed by atoms with E-state index in [0.717, 1.165) is 15.9 Å². The van der Waals surface area contributed by atoms with E-state index in [1.807, 2.05) is 48.9 Å². The molecule has 0 bridgehead atoms. The van der Waals surface area contributed by atoms with Crippen LogP contribution in [-0.4, -0.2) is 26.2 Å². The number of thiazole rings is 2. The lowest BCUT2D eigenvalue weighted by molar-refractivity contribution is 0.0892. The molecule has 0 saturated carbocycles. The molecule has 136 valence electrons. The minimum atomic E-state index is -0.171. The predicted molar refractivity (Wildman–Crippen MR) is 109 cm³/mol. The van der Waals surface area contributed by atoms with Crippen LogP contribution in [0.5, 0.6) is 0 Å². The molecule has 0 aliphatic heterocycles. The van der Waals surface area contributed by atoms with Crippen molar-refractivity contribution in [3.05, 3.63) is 58.0 Å². The first-order valence-electron chi connectivity index (χ1n) is 8.58. The van der Waals surface area contributed by atoms with Crippen LogP contribution >= 0.6 is 22.7 Å². The average Bonchev–Trinajstić information content (AvgIpc) is 3.38. The number of carbonyl (C=O) groups is 2. The Kier molecular flexibility index (Phi) is 4.72. The number of hydrogen-bond acceptors (Lipinski definition) is 6. The van der Waals surface area contributed by atoms with E-state index in [-0.39, 0.29) is 17.6 Å². The number of rotatable bonds is 5. The van der Waals surface area contributed by atoms with Crippen molar-refractivity contribution < 1.29 is 9.59 Å². The summed E-state index contributed by atoms with van der Waals surface area (Å²) in [6, 6.07) is 7.49. The lowest BCUT2D eigenvalue weighted by atomic mass is 10.1. The molecule has 7 heteroatoms. The Balaban J connectivity index is 1.75. The largest absolute Gasteiger partial charge is 0.286 e. The lowest BCUT2D eigenvalue weighted by Gasteiger charge is -2.05. The van der Waals surface area contributed by atoms with Gasteiger partial charge in [0, 0.05) is 35.0 Å². The molecule has 3 aromatic heterocycles. The topological polar surface area (TPSA) is 64.8 Å². The number of carbonyl (C=O) groups excluding carboxylic acids is 2. The molecule has 27 heavy (non-hydrogen) atoms. The van der Waals surface area contributed by atoms with Crippen molar-refractivity contribution in [3.8, 4) is 10.7 Å². The fraction of sp³-hybridized carbons (Fsp3) is 0.200. The van der Waals surface area contributed by atoms with Gasteiger partial charge in [0.05, 0.1) is 11.1 Å². The number of hydrogen-bond donors (Lipinski definition) is 0. The molecule has 0 fully saturated rings. The molecule has 1 aromatic carbocycles. The standard InChI is InChI=1S/C20H17N3O2S2/c1-12(2)9-17(24)23-10-14(13-5-3-4-6-16(13)23)18(25)20-22-15(11-27-20)19-21-7-8-26-19/h3-8,10-12H,9H2,1-2H3. The number of nitrogens with zero attached hydrogens (tertiary/aromatic N) is 3. The third-order valence-electron chi connectivity index (χ3n) is 4.16. The summed E-state index contributed by atoms with van der Waals surface area (Å²) in [6.07, 6.45) is 3.80. The van der Waals surface area contributed by atoms with Gasteiger partial charge in [0.2, 0.25) is 11.7 Å². The zero-order chi connectivity index (χ0) is 19.0. The van der Waals surface area contributed by atoms with Crippen LogP contribution < -0.4 is 0 Å². The van der Waals surface area contributed by atoms with Gasteiger partial charge in [-0.3, -0.25) is 14.2 Å². The Morgan fingerprint density at radius 1 is 1.19 bits per heavy atom. The van der Waals surface area contributed by atoms with E-state index in [0.29, 0.717) is 22.7 Å². The quantitative estimate of drug-likeness (QED) is 0.439. The van der Waals surface area contributed by atoms with E-state index < -0.39 is 0 Å². The maximum Gasteiger partial charge on any atom is 0.231 e. The zero-order valence-electron chi connectivity index (χ0n) is 14.9. The Morgan fingerprint density at radius 3 is 2.74 bits per heavy atom. The van der Waals surface area contributed by atoms with E-state index in [4.69, 9.17) is 0 Å². The van der Waals surface area contributed by atoms with Gasteiger partial charge in [-0.05, 0) is 12.0 Å². The number of benzene rings is 1. The molecule has 3 heterocycles. The van der Waals surface area contributed by atoms with Gasteiger partial charge in [-0.1, -0.05) is 32.0 Å². The normalized spacial score (nSPS) is 11.4. The smallest absolute Gasteiger partial charge is 0.231 e. The fourth-order valence-corrected chi connectivity index (χ4v) is 4.38. The third kappa shape index (κ3) is 3.36. The Labute approximate surface area is 164 Å². The van der Waals surface area contributed by atoms with Gasteiger partial charge in [-0.25, -0.2) is 9.97 Å². The molecular formula is C20H17N3O2S2. The highest BCUT2D eigenvalue weighted by Crippen LogP contribution is 2.28. The average molecular weight is 396 g/mol. The third-order valence-corrected chi connectivity index (χ3v) is 5.79. The van der Waals surface area contributed by atoms with Crippen LogP contribution in [0.25, 0.3) is 21.6 Å². The lowest BCUT2D eigenvalue weighted by Crippen LogP contribution is -2.12. The van der Waals surface area contributed by atoms with Crippen molar-refractivity contribution in [2.24, 2.45) is 5.92 Å². The monoisotopic (exact) mass is 395 g/mol. The Morgan fingerprint density at radius 2 is 2.00 bits per heavy atom. The van der Waals surface area contributed by atoms with Crippen LogP contribution in [0.1, 0.15) is 40.4 Å². The van der Waals surface area contributed by atoms with Crippen LogP contribution in [0.2, 0.25) is 0 Å². The van der Waals surface area contributed by atoms with Gasteiger partial charge in [-0.15, -0.1) is 22.7 Å². The van der Waals surface area contributed by atoms with Gasteiger partial charge in [0.25, 0.3) is 0 Å². The van der Waals surface area contributed by atoms with Gasteiger partial charge in [0.15, 0.2) is 5.01 Å². The van der Waals surface area contributed by atoms with Gasteiger partial charge in [-0.2, -0.15) is 0 Å². The number of para-hydroxylation sites is 1. The molecule has 0 radical (unpaired) electrons. The summed E-state index contributed by atoms with van der Waals surface area (Å²) in [4.78, 5) is 34.4. The molecule has 5 nitrogen and oxygen atoms in total. The SMILES string of the molecule is CC(C)CC(=O)n1cc(C(=O)c2nc(-c3nccs3)cs2)c2ccccc21. The first-order chi connectivity index (χ1) is 13.0. The number of ketones is 1. The van der Waals surface area contributed by atoms with Crippen molar-refractivity contribution in [2.45, 2.75) is 20.3 Å². The maximum atomic E-state index is 13.1. The molecule has 0 spiro atoms. The highest BCUT2D eigenvalue weighted by molar-refractivity contribution is 7.14. The van der Waals surface area contributed by atoms with Crippen molar-refractivity contribution in [2.75, 3.05) is 0 Å². The van der Waals surface area contributed by atoms with Crippen molar-refractivity contribution >= 4 is 45.3 Å². The van der Waals surface area contributed by atoms with Crippen LogP contribution in [0, 0.1) is 5.92 Å². The first-order valence-corrected chi connectivity index (χ1v) is 10.3. The molecule has 0 unspecified atom stereocenters. The van der Waals surface area contributed by atoms with Crippen LogP contribution in [0.3, 0.4) is 0 Å². The summed E-state index contributed by atoms with van der Waals surface area (Å²) in [6.45, 7) is 4.01. The highest BCUT2D eigenvalue weighted by Gasteiger charge is 2.22. The molecule has 0 saturated heterocycles. The minimum absolute atomic E-state index is 0.0112. The van der Waals surface area contributed by atoms with Gasteiger partial charge in [0.1, 0.15) is 10.7 Å². The minimum Gasteiger partial charge on any atom is -0.286 e. The second kappa shape index (κ2) is 7.17.